The maximum absolute atomic E-state index is 3.43. The van der Waals surface area contributed by atoms with E-state index in [2.05, 4.69) is 31.0 Å². The van der Waals surface area contributed by atoms with E-state index in [0.717, 1.165) is 5.92 Å². The summed E-state index contributed by atoms with van der Waals surface area (Å²) >= 11 is 0. The van der Waals surface area contributed by atoms with Gasteiger partial charge in [-0.3, -0.25) is 0 Å². The smallest absolute Gasteiger partial charge is 0.00384 e. The van der Waals surface area contributed by atoms with Crippen molar-refractivity contribution in [2.45, 2.75) is 52.5 Å². The van der Waals surface area contributed by atoms with Crippen molar-refractivity contribution < 1.29 is 0 Å². The summed E-state index contributed by atoms with van der Waals surface area (Å²) in [6.07, 6.45) is 5.61. The van der Waals surface area contributed by atoms with Crippen LogP contribution in [-0.2, 0) is 0 Å². The molecule has 1 aliphatic rings. The molecule has 0 aromatic carbocycles. The van der Waals surface area contributed by atoms with Crippen molar-refractivity contribution in [3.05, 3.63) is 0 Å². The Labute approximate surface area is 95.4 Å². The van der Waals surface area contributed by atoms with Crippen LogP contribution in [0.5, 0.6) is 0 Å². The molecule has 90 valence electrons. The Morgan fingerprint density at radius 2 is 1.93 bits per heavy atom. The third-order valence-electron chi connectivity index (χ3n) is 3.65. The summed E-state index contributed by atoms with van der Waals surface area (Å²) in [4.78, 5) is 2.57. The lowest BCUT2D eigenvalue weighted by molar-refractivity contribution is 0.218. The highest BCUT2D eigenvalue weighted by Gasteiger charge is 2.13. The minimum atomic E-state index is 0.711. The molecule has 2 nitrogen and oxygen atoms in total. The van der Waals surface area contributed by atoms with Crippen LogP contribution in [0.3, 0.4) is 0 Å². The summed E-state index contributed by atoms with van der Waals surface area (Å²) in [5.41, 5.74) is 0. The molecule has 1 N–H and O–H groups in total. The molecule has 0 radical (unpaired) electrons. The van der Waals surface area contributed by atoms with Gasteiger partial charge in [-0.05, 0) is 71.6 Å². The van der Waals surface area contributed by atoms with E-state index in [4.69, 9.17) is 0 Å². The van der Waals surface area contributed by atoms with Gasteiger partial charge in [0.2, 0.25) is 0 Å². The molecule has 15 heavy (non-hydrogen) atoms. The number of hydrogen-bond donors (Lipinski definition) is 1. The Morgan fingerprint density at radius 3 is 2.47 bits per heavy atom. The molecular weight excluding hydrogens is 184 g/mol. The summed E-state index contributed by atoms with van der Waals surface area (Å²) in [6, 6.07) is 0.711. The molecule has 0 aromatic rings. The highest BCUT2D eigenvalue weighted by atomic mass is 15.1. The van der Waals surface area contributed by atoms with Crippen LogP contribution in [0.2, 0.25) is 0 Å². The van der Waals surface area contributed by atoms with Gasteiger partial charge < -0.3 is 10.2 Å². The molecule has 1 rings (SSSR count). The SMILES string of the molecule is CCN(CCCC1CCNCC1)C(C)C. The number of nitrogens with zero attached hydrogens (tertiary/aromatic N) is 1. The van der Waals surface area contributed by atoms with Crippen LogP contribution in [-0.4, -0.2) is 37.1 Å². The molecule has 0 spiro atoms. The topological polar surface area (TPSA) is 15.3 Å². The first kappa shape index (κ1) is 13.0. The maximum atomic E-state index is 3.43. The van der Waals surface area contributed by atoms with Gasteiger partial charge in [0.05, 0.1) is 0 Å². The molecular formula is C13H28N2. The van der Waals surface area contributed by atoms with Crippen LogP contribution in [0, 0.1) is 5.92 Å². The van der Waals surface area contributed by atoms with Gasteiger partial charge in [0.15, 0.2) is 0 Å². The van der Waals surface area contributed by atoms with Crippen LogP contribution >= 0.6 is 0 Å². The Kier molecular flexibility index (Phi) is 6.26. The van der Waals surface area contributed by atoms with E-state index in [1.54, 1.807) is 0 Å². The molecule has 1 heterocycles. The molecule has 1 fully saturated rings. The van der Waals surface area contributed by atoms with Crippen LogP contribution in [0.15, 0.2) is 0 Å². The van der Waals surface area contributed by atoms with Gasteiger partial charge in [-0.2, -0.15) is 0 Å². The van der Waals surface area contributed by atoms with Crippen LogP contribution in [0.1, 0.15) is 46.5 Å². The molecule has 0 aliphatic carbocycles. The fourth-order valence-corrected chi connectivity index (χ4v) is 2.53. The van der Waals surface area contributed by atoms with Gasteiger partial charge in [-0.25, -0.2) is 0 Å². The second-order valence-corrected chi connectivity index (χ2v) is 5.06. The van der Waals surface area contributed by atoms with E-state index in [0.29, 0.717) is 6.04 Å². The second-order valence-electron chi connectivity index (χ2n) is 5.06. The maximum Gasteiger partial charge on any atom is 0.00384 e. The van der Waals surface area contributed by atoms with Crippen LogP contribution < -0.4 is 5.32 Å². The van der Waals surface area contributed by atoms with Crippen molar-refractivity contribution in [2.24, 2.45) is 5.92 Å². The van der Waals surface area contributed by atoms with Crippen molar-refractivity contribution in [3.8, 4) is 0 Å². The summed E-state index contributed by atoms with van der Waals surface area (Å²) < 4.78 is 0. The third kappa shape index (κ3) is 4.98. The average molecular weight is 212 g/mol. The summed E-state index contributed by atoms with van der Waals surface area (Å²) in [5.74, 6) is 0.997. The van der Waals surface area contributed by atoms with Gasteiger partial charge in [0.25, 0.3) is 0 Å². The van der Waals surface area contributed by atoms with Gasteiger partial charge in [-0.1, -0.05) is 6.92 Å². The number of piperidine rings is 1. The standard InChI is InChI=1S/C13H28N2/c1-4-15(12(2)3)11-5-6-13-7-9-14-10-8-13/h12-14H,4-11H2,1-3H3. The molecule has 1 aliphatic heterocycles. The van der Waals surface area contributed by atoms with Gasteiger partial charge in [0, 0.05) is 6.04 Å². The Balaban J connectivity index is 2.08. The lowest BCUT2D eigenvalue weighted by atomic mass is 9.93. The predicted molar refractivity (Wildman–Crippen MR) is 67.2 cm³/mol. The number of rotatable bonds is 6. The summed E-state index contributed by atoms with van der Waals surface area (Å²) in [6.45, 7) is 11.8. The summed E-state index contributed by atoms with van der Waals surface area (Å²) in [7, 11) is 0. The molecule has 0 unspecified atom stereocenters. The highest BCUT2D eigenvalue weighted by molar-refractivity contribution is 4.69. The quantitative estimate of drug-likeness (QED) is 0.728. The van der Waals surface area contributed by atoms with Crippen molar-refractivity contribution >= 4 is 0 Å². The largest absolute Gasteiger partial charge is 0.317 e. The Hall–Kier alpha value is -0.0800. The van der Waals surface area contributed by atoms with E-state index < -0.39 is 0 Å². The van der Waals surface area contributed by atoms with E-state index in [9.17, 15) is 0 Å². The highest BCUT2D eigenvalue weighted by Crippen LogP contribution is 2.18. The zero-order valence-corrected chi connectivity index (χ0v) is 10.8. The normalized spacial score (nSPS) is 19.0. The lowest BCUT2D eigenvalue weighted by Gasteiger charge is -2.27. The van der Waals surface area contributed by atoms with Crippen molar-refractivity contribution in [2.75, 3.05) is 26.2 Å². The number of nitrogens with one attached hydrogen (secondary N) is 1. The Bertz CT molecular complexity index is 151. The molecule has 0 amide bonds. The van der Waals surface area contributed by atoms with Crippen LogP contribution in [0.4, 0.5) is 0 Å². The minimum absolute atomic E-state index is 0.711. The minimum Gasteiger partial charge on any atom is -0.317 e. The molecule has 0 aromatic heterocycles. The van der Waals surface area contributed by atoms with Gasteiger partial charge in [-0.15, -0.1) is 0 Å². The van der Waals surface area contributed by atoms with Crippen molar-refractivity contribution in [1.29, 1.82) is 0 Å². The first-order valence-electron chi connectivity index (χ1n) is 6.68. The van der Waals surface area contributed by atoms with Gasteiger partial charge >= 0.3 is 0 Å². The van der Waals surface area contributed by atoms with Crippen molar-refractivity contribution in [3.63, 3.8) is 0 Å². The molecule has 2 heteroatoms. The molecule has 1 saturated heterocycles. The molecule has 0 bridgehead atoms. The second kappa shape index (κ2) is 7.24. The van der Waals surface area contributed by atoms with E-state index in [-0.39, 0.29) is 0 Å². The van der Waals surface area contributed by atoms with E-state index in [1.165, 1.54) is 51.9 Å². The van der Waals surface area contributed by atoms with Crippen LogP contribution in [0.25, 0.3) is 0 Å². The average Bonchev–Trinajstić information content (AvgIpc) is 2.25. The molecule has 0 saturated carbocycles. The van der Waals surface area contributed by atoms with E-state index >= 15 is 0 Å². The van der Waals surface area contributed by atoms with Crippen molar-refractivity contribution in [1.82, 2.24) is 10.2 Å². The Morgan fingerprint density at radius 1 is 1.27 bits per heavy atom. The predicted octanol–water partition coefficient (Wildman–Crippen LogP) is 2.50. The first-order chi connectivity index (χ1) is 7.24. The zero-order valence-electron chi connectivity index (χ0n) is 10.8. The van der Waals surface area contributed by atoms with E-state index in [1.807, 2.05) is 0 Å². The number of hydrogen-bond acceptors (Lipinski definition) is 2. The lowest BCUT2D eigenvalue weighted by Crippen LogP contribution is -2.32. The molecule has 0 atom stereocenters. The summed E-state index contributed by atoms with van der Waals surface area (Å²) in [5, 5.41) is 3.43. The first-order valence-corrected chi connectivity index (χ1v) is 6.68. The monoisotopic (exact) mass is 212 g/mol. The third-order valence-corrected chi connectivity index (χ3v) is 3.65. The van der Waals surface area contributed by atoms with Gasteiger partial charge in [0.1, 0.15) is 0 Å². The fourth-order valence-electron chi connectivity index (χ4n) is 2.53. The fraction of sp³-hybridized carbons (Fsp3) is 1.00. The zero-order chi connectivity index (χ0) is 11.1.